The third-order valence-electron chi connectivity index (χ3n) is 5.02. The molecule has 8 heteroatoms. The van der Waals surface area contributed by atoms with Gasteiger partial charge in [0.15, 0.2) is 0 Å². The molecular weight excluding hydrogens is 430 g/mol. The maximum Gasteiger partial charge on any atom is 0.408 e. The van der Waals surface area contributed by atoms with Crippen LogP contribution in [0.5, 0.6) is 0 Å². The highest BCUT2D eigenvalue weighted by molar-refractivity contribution is 5.73. The highest BCUT2D eigenvalue weighted by atomic mass is 16.5. The van der Waals surface area contributed by atoms with E-state index in [0.29, 0.717) is 31.0 Å². The van der Waals surface area contributed by atoms with Gasteiger partial charge in [-0.3, -0.25) is 9.67 Å². The van der Waals surface area contributed by atoms with Gasteiger partial charge in [0.2, 0.25) is 0 Å². The Morgan fingerprint density at radius 1 is 1.26 bits per heavy atom. The lowest BCUT2D eigenvalue weighted by molar-refractivity contribution is -0.00773. The zero-order chi connectivity index (χ0) is 24.6. The Morgan fingerprint density at radius 2 is 2.03 bits per heavy atom. The number of carbonyl (C=O) groups excluding carboxylic acids is 1. The van der Waals surface area contributed by atoms with E-state index in [0.717, 1.165) is 16.8 Å². The number of nitrogens with two attached hydrogens (primary N) is 1. The van der Waals surface area contributed by atoms with E-state index in [1.54, 1.807) is 18.5 Å². The smallest absolute Gasteiger partial charge is 0.408 e. The summed E-state index contributed by atoms with van der Waals surface area (Å²) in [5, 5.41) is 7.30. The predicted molar refractivity (Wildman–Crippen MR) is 133 cm³/mol. The lowest BCUT2D eigenvalue weighted by Gasteiger charge is -2.20. The molecule has 0 aliphatic heterocycles. The van der Waals surface area contributed by atoms with Crippen molar-refractivity contribution in [1.82, 2.24) is 20.1 Å². The number of carbonyl (C=O) groups is 1. The maximum atomic E-state index is 12.5. The lowest BCUT2D eigenvalue weighted by atomic mass is 10.1. The molecule has 8 nitrogen and oxygen atoms in total. The van der Waals surface area contributed by atoms with Crippen molar-refractivity contribution < 1.29 is 14.3 Å². The van der Waals surface area contributed by atoms with Gasteiger partial charge in [0.05, 0.1) is 48.1 Å². The van der Waals surface area contributed by atoms with Gasteiger partial charge in [-0.25, -0.2) is 4.79 Å². The fourth-order valence-corrected chi connectivity index (χ4v) is 3.44. The minimum atomic E-state index is -0.521. The van der Waals surface area contributed by atoms with Crippen molar-refractivity contribution in [3.8, 4) is 11.3 Å². The van der Waals surface area contributed by atoms with Crippen molar-refractivity contribution in [1.29, 1.82) is 0 Å². The summed E-state index contributed by atoms with van der Waals surface area (Å²) in [6.07, 6.45) is 5.03. The second kappa shape index (κ2) is 11.5. The first-order chi connectivity index (χ1) is 16.3. The van der Waals surface area contributed by atoms with Crippen LogP contribution >= 0.6 is 0 Å². The molecule has 0 aliphatic rings. The molecule has 0 saturated carbocycles. The molecule has 0 aliphatic carbocycles. The molecule has 2 aromatic heterocycles. The van der Waals surface area contributed by atoms with Crippen LogP contribution in [0.1, 0.15) is 44.5 Å². The van der Waals surface area contributed by atoms with Crippen LogP contribution in [-0.4, -0.2) is 33.1 Å². The molecule has 1 amide bonds. The van der Waals surface area contributed by atoms with E-state index in [2.05, 4.69) is 22.0 Å². The second-order valence-corrected chi connectivity index (χ2v) is 8.88. The van der Waals surface area contributed by atoms with Crippen LogP contribution in [0.15, 0.2) is 67.5 Å². The lowest BCUT2D eigenvalue weighted by Crippen LogP contribution is -2.29. The number of nitrogens with one attached hydrogen (secondary N) is 1. The van der Waals surface area contributed by atoms with E-state index in [1.807, 2.05) is 67.9 Å². The highest BCUT2D eigenvalue weighted by Gasteiger charge is 2.19. The number of hydrogen-bond acceptors (Lipinski definition) is 6. The van der Waals surface area contributed by atoms with Gasteiger partial charge in [-0.1, -0.05) is 36.4 Å². The Bertz CT molecular complexity index is 1090. The van der Waals surface area contributed by atoms with E-state index >= 15 is 0 Å². The highest BCUT2D eigenvalue weighted by Crippen LogP contribution is 2.28. The van der Waals surface area contributed by atoms with Crippen LogP contribution in [0.2, 0.25) is 0 Å². The molecule has 2 heterocycles. The van der Waals surface area contributed by atoms with Crippen molar-refractivity contribution >= 4 is 11.8 Å². The molecule has 34 heavy (non-hydrogen) atoms. The quantitative estimate of drug-likeness (QED) is 0.415. The number of rotatable bonds is 10. The Morgan fingerprint density at radius 3 is 2.74 bits per heavy atom. The second-order valence-electron chi connectivity index (χ2n) is 8.88. The minimum absolute atomic E-state index is 0.188. The monoisotopic (exact) mass is 463 g/mol. The van der Waals surface area contributed by atoms with Gasteiger partial charge in [-0.2, -0.15) is 5.10 Å². The zero-order valence-electron chi connectivity index (χ0n) is 20.0. The fourth-order valence-electron chi connectivity index (χ4n) is 3.44. The standard InChI is InChI=1S/C26H33N5O3/c1-5-9-22(30-25(32)33-18-19-10-7-6-8-11-19)23-16-20(12-13-28-23)24-21(27)17-29-31(24)14-15-34-26(2,3)4/h5-8,10-13,16-17,22H,1,9,14-15,18,27H2,2-4H3,(H,30,32)/t22-/m0/s1. The first-order valence-electron chi connectivity index (χ1n) is 11.3. The van der Waals surface area contributed by atoms with Crippen molar-refractivity contribution in [2.24, 2.45) is 0 Å². The number of nitrogen functional groups attached to an aromatic ring is 1. The number of anilines is 1. The van der Waals surface area contributed by atoms with Crippen LogP contribution in [-0.2, 0) is 22.6 Å². The van der Waals surface area contributed by atoms with Crippen LogP contribution in [0.4, 0.5) is 10.5 Å². The molecule has 0 unspecified atom stereocenters. The van der Waals surface area contributed by atoms with Gasteiger partial charge in [0.25, 0.3) is 0 Å². The number of amides is 1. The zero-order valence-corrected chi connectivity index (χ0v) is 20.0. The first-order valence-corrected chi connectivity index (χ1v) is 11.3. The van der Waals surface area contributed by atoms with Crippen LogP contribution in [0, 0.1) is 0 Å². The summed E-state index contributed by atoms with van der Waals surface area (Å²) < 4.78 is 13.0. The van der Waals surface area contributed by atoms with E-state index < -0.39 is 12.1 Å². The normalized spacial score (nSPS) is 12.2. The van der Waals surface area contributed by atoms with Crippen LogP contribution in [0.3, 0.4) is 0 Å². The molecule has 1 atom stereocenters. The van der Waals surface area contributed by atoms with Crippen molar-refractivity contribution in [2.75, 3.05) is 12.3 Å². The molecule has 0 saturated heterocycles. The minimum Gasteiger partial charge on any atom is -0.445 e. The molecule has 0 fully saturated rings. The maximum absolute atomic E-state index is 12.5. The molecule has 3 aromatic rings. The van der Waals surface area contributed by atoms with Gasteiger partial charge < -0.3 is 20.5 Å². The Labute approximate surface area is 200 Å². The number of alkyl carbamates (subject to hydrolysis) is 1. The SMILES string of the molecule is C=CC[C@H](NC(=O)OCc1ccccc1)c1cc(-c2c(N)cnn2CCOC(C)(C)C)ccn1. The summed E-state index contributed by atoms with van der Waals surface area (Å²) in [7, 11) is 0. The van der Waals surface area contributed by atoms with E-state index in [1.165, 1.54) is 0 Å². The molecule has 0 spiro atoms. The molecule has 1 aromatic carbocycles. The Kier molecular flexibility index (Phi) is 8.43. The van der Waals surface area contributed by atoms with Gasteiger partial charge in [0.1, 0.15) is 6.61 Å². The number of benzene rings is 1. The van der Waals surface area contributed by atoms with E-state index in [4.69, 9.17) is 15.2 Å². The van der Waals surface area contributed by atoms with Crippen molar-refractivity contribution in [3.63, 3.8) is 0 Å². The van der Waals surface area contributed by atoms with Gasteiger partial charge in [-0.15, -0.1) is 6.58 Å². The summed E-state index contributed by atoms with van der Waals surface area (Å²) >= 11 is 0. The largest absolute Gasteiger partial charge is 0.445 e. The third-order valence-corrected chi connectivity index (χ3v) is 5.02. The van der Waals surface area contributed by atoms with E-state index in [9.17, 15) is 4.79 Å². The van der Waals surface area contributed by atoms with E-state index in [-0.39, 0.29) is 12.2 Å². The van der Waals surface area contributed by atoms with Gasteiger partial charge in [0, 0.05) is 11.8 Å². The number of hydrogen-bond donors (Lipinski definition) is 2. The van der Waals surface area contributed by atoms with Crippen LogP contribution in [0.25, 0.3) is 11.3 Å². The molecular formula is C26H33N5O3. The number of aromatic nitrogens is 3. The molecule has 3 rings (SSSR count). The molecule has 3 N–H and O–H groups in total. The summed E-state index contributed by atoms with van der Waals surface area (Å²) in [4.78, 5) is 16.9. The number of ether oxygens (including phenoxy) is 2. The Hall–Kier alpha value is -3.65. The van der Waals surface area contributed by atoms with Crippen molar-refractivity contribution in [3.05, 3.63) is 78.8 Å². The van der Waals surface area contributed by atoms with Gasteiger partial charge in [-0.05, 0) is 44.9 Å². The Balaban J connectivity index is 1.74. The molecule has 180 valence electrons. The fraction of sp³-hybridized carbons (Fsp3) is 0.346. The summed E-state index contributed by atoms with van der Waals surface area (Å²) in [6.45, 7) is 11.1. The molecule has 0 bridgehead atoms. The topological polar surface area (TPSA) is 104 Å². The van der Waals surface area contributed by atoms with Gasteiger partial charge >= 0.3 is 6.09 Å². The average molecular weight is 464 g/mol. The first kappa shape index (κ1) is 25.0. The number of pyridine rings is 1. The average Bonchev–Trinajstić information content (AvgIpc) is 3.17. The third kappa shape index (κ3) is 7.18. The van der Waals surface area contributed by atoms with Crippen molar-refractivity contribution in [2.45, 2.75) is 52.0 Å². The summed E-state index contributed by atoms with van der Waals surface area (Å²) in [6, 6.07) is 12.9. The predicted octanol–water partition coefficient (Wildman–Crippen LogP) is 4.89. The number of nitrogens with zero attached hydrogens (tertiary/aromatic N) is 3. The summed E-state index contributed by atoms with van der Waals surface area (Å²) in [5.41, 5.74) is 9.79. The molecule has 0 radical (unpaired) electrons. The summed E-state index contributed by atoms with van der Waals surface area (Å²) in [5.74, 6) is 0. The van der Waals surface area contributed by atoms with Crippen LogP contribution < -0.4 is 11.1 Å².